The number of methoxy groups -OCH3 is 1. The number of nitrogens with two attached hydrogens (primary N) is 1. The fourth-order valence-corrected chi connectivity index (χ4v) is 1.86. The zero-order chi connectivity index (χ0) is 15.1. The van der Waals surface area contributed by atoms with E-state index in [0.717, 1.165) is 5.56 Å². The third-order valence-electron chi connectivity index (χ3n) is 2.99. The largest absolute Gasteiger partial charge is 0.494 e. The maximum absolute atomic E-state index is 12.7. The lowest BCUT2D eigenvalue weighted by Crippen LogP contribution is -2.20. The summed E-state index contributed by atoms with van der Waals surface area (Å²) in [6, 6.07) is 11.7. The average Bonchev–Trinajstić information content (AvgIpc) is 2.50. The molecule has 0 saturated heterocycles. The summed E-state index contributed by atoms with van der Waals surface area (Å²) in [5, 5.41) is 3.23. The normalized spacial score (nSPS) is 10.4. The van der Waals surface area contributed by atoms with Crippen molar-refractivity contribution >= 4 is 5.69 Å². The van der Waals surface area contributed by atoms with E-state index < -0.39 is 0 Å². The third kappa shape index (κ3) is 4.65. The zero-order valence-electron chi connectivity index (χ0n) is 11.9. The molecule has 0 atom stereocenters. The van der Waals surface area contributed by atoms with E-state index in [1.54, 1.807) is 37.4 Å². The number of halogens is 1. The second-order valence-electron chi connectivity index (χ2n) is 4.56. The van der Waals surface area contributed by atoms with Crippen molar-refractivity contribution < 1.29 is 13.9 Å². The first-order valence-corrected chi connectivity index (χ1v) is 6.70. The summed E-state index contributed by atoms with van der Waals surface area (Å²) >= 11 is 0. The van der Waals surface area contributed by atoms with Gasteiger partial charge in [-0.1, -0.05) is 12.1 Å². The number of nitrogen functional groups attached to an aromatic ring is 1. The van der Waals surface area contributed by atoms with Crippen molar-refractivity contribution in [2.45, 2.75) is 6.54 Å². The van der Waals surface area contributed by atoms with Gasteiger partial charge in [0.1, 0.15) is 23.9 Å². The van der Waals surface area contributed by atoms with E-state index in [1.165, 1.54) is 12.1 Å². The zero-order valence-corrected chi connectivity index (χ0v) is 11.9. The van der Waals surface area contributed by atoms with Gasteiger partial charge in [-0.3, -0.25) is 0 Å². The average molecular weight is 290 g/mol. The predicted molar refractivity (Wildman–Crippen MR) is 81.0 cm³/mol. The molecule has 0 fully saturated rings. The molecule has 0 aliphatic rings. The van der Waals surface area contributed by atoms with Crippen molar-refractivity contribution in [1.82, 2.24) is 5.32 Å². The smallest absolute Gasteiger partial charge is 0.145 e. The van der Waals surface area contributed by atoms with E-state index in [-0.39, 0.29) is 5.82 Å². The van der Waals surface area contributed by atoms with Crippen molar-refractivity contribution in [3.63, 3.8) is 0 Å². The van der Waals surface area contributed by atoms with E-state index in [2.05, 4.69) is 5.32 Å². The highest BCUT2D eigenvalue weighted by Gasteiger charge is 2.01. The van der Waals surface area contributed by atoms with Gasteiger partial charge in [0, 0.05) is 19.2 Å². The van der Waals surface area contributed by atoms with Crippen LogP contribution >= 0.6 is 0 Å². The topological polar surface area (TPSA) is 56.5 Å². The Bertz CT molecular complexity index is 573. The van der Waals surface area contributed by atoms with Crippen LogP contribution in [0.5, 0.6) is 11.5 Å². The highest BCUT2D eigenvalue weighted by Crippen LogP contribution is 2.26. The summed E-state index contributed by atoms with van der Waals surface area (Å²) in [5.41, 5.74) is 7.35. The van der Waals surface area contributed by atoms with Crippen molar-refractivity contribution in [1.29, 1.82) is 0 Å². The summed E-state index contributed by atoms with van der Waals surface area (Å²) in [5.74, 6) is 1.09. The Balaban J connectivity index is 1.71. The van der Waals surface area contributed by atoms with Crippen molar-refractivity contribution in [2.75, 3.05) is 26.0 Å². The number of hydrogen-bond donors (Lipinski definition) is 2. The third-order valence-corrected chi connectivity index (χ3v) is 2.99. The van der Waals surface area contributed by atoms with Crippen LogP contribution in [0.4, 0.5) is 10.1 Å². The molecule has 0 aromatic heterocycles. The molecule has 0 spiro atoms. The monoisotopic (exact) mass is 290 g/mol. The van der Waals surface area contributed by atoms with Gasteiger partial charge in [0.2, 0.25) is 0 Å². The Morgan fingerprint density at radius 1 is 1.14 bits per heavy atom. The first-order chi connectivity index (χ1) is 10.2. The number of rotatable bonds is 7. The van der Waals surface area contributed by atoms with E-state index in [0.29, 0.717) is 36.9 Å². The van der Waals surface area contributed by atoms with Crippen molar-refractivity contribution in [3.8, 4) is 11.5 Å². The van der Waals surface area contributed by atoms with Crippen LogP contribution in [-0.4, -0.2) is 20.3 Å². The molecule has 0 aliphatic carbocycles. The number of hydrogen-bond acceptors (Lipinski definition) is 4. The lowest BCUT2D eigenvalue weighted by atomic mass is 10.2. The number of benzene rings is 2. The fourth-order valence-electron chi connectivity index (χ4n) is 1.86. The minimum atomic E-state index is -0.223. The Hall–Kier alpha value is -2.27. The highest BCUT2D eigenvalue weighted by molar-refractivity contribution is 5.55. The molecule has 0 bridgehead atoms. The summed E-state index contributed by atoms with van der Waals surface area (Å²) < 4.78 is 23.5. The van der Waals surface area contributed by atoms with Crippen LogP contribution < -0.4 is 20.5 Å². The molecular formula is C16H19FN2O2. The maximum Gasteiger partial charge on any atom is 0.145 e. The molecule has 0 saturated carbocycles. The van der Waals surface area contributed by atoms with Crippen LogP contribution in [0.25, 0.3) is 0 Å². The summed E-state index contributed by atoms with van der Waals surface area (Å²) in [6.45, 7) is 1.88. The number of nitrogens with one attached hydrogen (secondary N) is 1. The minimum absolute atomic E-state index is 0.223. The second-order valence-corrected chi connectivity index (χ2v) is 4.56. The Morgan fingerprint density at radius 2 is 1.90 bits per heavy atom. The molecule has 2 aromatic rings. The van der Waals surface area contributed by atoms with Gasteiger partial charge in [-0.15, -0.1) is 0 Å². The van der Waals surface area contributed by atoms with Gasteiger partial charge in [0.15, 0.2) is 0 Å². The van der Waals surface area contributed by atoms with E-state index in [9.17, 15) is 4.39 Å². The van der Waals surface area contributed by atoms with Gasteiger partial charge < -0.3 is 20.5 Å². The Morgan fingerprint density at radius 3 is 2.62 bits per heavy atom. The molecule has 5 heteroatoms. The molecule has 0 amide bonds. The van der Waals surface area contributed by atoms with E-state index >= 15 is 0 Å². The highest BCUT2D eigenvalue weighted by atomic mass is 19.1. The molecule has 0 aliphatic heterocycles. The molecule has 4 nitrogen and oxygen atoms in total. The van der Waals surface area contributed by atoms with Crippen LogP contribution in [-0.2, 0) is 6.54 Å². The van der Waals surface area contributed by atoms with Crippen LogP contribution in [0.15, 0.2) is 42.5 Å². The summed E-state index contributed by atoms with van der Waals surface area (Å²) in [6.07, 6.45) is 0. The van der Waals surface area contributed by atoms with Gasteiger partial charge in [-0.2, -0.15) is 0 Å². The molecule has 0 unspecified atom stereocenters. The van der Waals surface area contributed by atoms with Crippen LogP contribution in [0.3, 0.4) is 0 Å². The Kier molecular flexibility index (Phi) is 5.40. The first kappa shape index (κ1) is 15.1. The quantitative estimate of drug-likeness (QED) is 0.608. The molecule has 0 heterocycles. The van der Waals surface area contributed by atoms with Gasteiger partial charge in [0.25, 0.3) is 0 Å². The van der Waals surface area contributed by atoms with Crippen LogP contribution in [0, 0.1) is 5.82 Å². The molecule has 112 valence electrons. The van der Waals surface area contributed by atoms with Gasteiger partial charge in [-0.05, 0) is 29.8 Å². The molecule has 2 rings (SSSR count). The van der Waals surface area contributed by atoms with Crippen molar-refractivity contribution in [2.24, 2.45) is 0 Å². The fraction of sp³-hybridized carbons (Fsp3) is 0.250. The lowest BCUT2D eigenvalue weighted by molar-refractivity contribution is 0.311. The standard InChI is InChI=1S/C16H19FN2O2/c1-20-16-10-14(6-7-15(16)18)21-9-8-19-11-12-2-4-13(17)5-3-12/h2-7,10,19H,8-9,11,18H2,1H3. The number of anilines is 1. The van der Waals surface area contributed by atoms with Crippen LogP contribution in [0.2, 0.25) is 0 Å². The molecule has 21 heavy (non-hydrogen) atoms. The van der Waals surface area contributed by atoms with Gasteiger partial charge in [-0.25, -0.2) is 4.39 Å². The second kappa shape index (κ2) is 7.50. The van der Waals surface area contributed by atoms with E-state index in [4.69, 9.17) is 15.2 Å². The minimum Gasteiger partial charge on any atom is -0.494 e. The number of ether oxygens (including phenoxy) is 2. The van der Waals surface area contributed by atoms with Crippen LogP contribution in [0.1, 0.15) is 5.56 Å². The summed E-state index contributed by atoms with van der Waals surface area (Å²) in [4.78, 5) is 0. The lowest BCUT2D eigenvalue weighted by Gasteiger charge is -2.10. The van der Waals surface area contributed by atoms with E-state index in [1.807, 2.05) is 0 Å². The van der Waals surface area contributed by atoms with Gasteiger partial charge >= 0.3 is 0 Å². The molecule has 2 aromatic carbocycles. The molecule has 0 radical (unpaired) electrons. The molecular weight excluding hydrogens is 271 g/mol. The summed E-state index contributed by atoms with van der Waals surface area (Å²) in [7, 11) is 1.57. The Labute approximate surface area is 123 Å². The first-order valence-electron chi connectivity index (χ1n) is 6.70. The van der Waals surface area contributed by atoms with Gasteiger partial charge in [0.05, 0.1) is 12.8 Å². The maximum atomic E-state index is 12.7. The van der Waals surface area contributed by atoms with Crippen molar-refractivity contribution in [3.05, 3.63) is 53.8 Å². The predicted octanol–water partition coefficient (Wildman–Crippen LogP) is 2.59. The SMILES string of the molecule is COc1cc(OCCNCc2ccc(F)cc2)ccc1N. The molecule has 3 N–H and O–H groups in total.